The monoisotopic (exact) mass is 409 g/mol. The number of fused-ring (bicyclic) bond motifs is 1. The van der Waals surface area contributed by atoms with Crippen LogP contribution in [-0.4, -0.2) is 22.1 Å². The van der Waals surface area contributed by atoms with Crippen LogP contribution in [0.5, 0.6) is 5.88 Å². The first-order valence-electron chi connectivity index (χ1n) is 9.75. The fourth-order valence-corrected chi connectivity index (χ4v) is 3.48. The second-order valence-corrected chi connectivity index (χ2v) is 7.44. The summed E-state index contributed by atoms with van der Waals surface area (Å²) in [6.45, 7) is 1.77. The molecule has 154 valence electrons. The first-order chi connectivity index (χ1) is 14.4. The van der Waals surface area contributed by atoms with E-state index in [9.17, 15) is 14.0 Å². The molecule has 2 heterocycles. The number of anilines is 1. The van der Waals surface area contributed by atoms with Crippen LogP contribution < -0.4 is 10.1 Å². The number of alkyl halides is 2. The minimum absolute atomic E-state index is 0.00442. The molecule has 0 bridgehead atoms. The van der Waals surface area contributed by atoms with Crippen LogP contribution in [0.25, 0.3) is 11.0 Å². The summed E-state index contributed by atoms with van der Waals surface area (Å²) in [6.07, 6.45) is 2.64. The molecule has 8 heteroatoms. The minimum atomic E-state index is -2.86. The first-order valence-corrected chi connectivity index (χ1v) is 9.75. The number of nitriles is 1. The molecule has 1 N–H and O–H groups in total. The predicted octanol–water partition coefficient (Wildman–Crippen LogP) is 4.70. The lowest BCUT2D eigenvalue weighted by molar-refractivity contribution is -0.00835. The number of nitrogens with one attached hydrogen (secondary N) is 1. The van der Waals surface area contributed by atoms with E-state index in [1.165, 1.54) is 32.5 Å². The summed E-state index contributed by atoms with van der Waals surface area (Å²) in [5, 5.41) is 13.4. The molecular weight excluding hydrogens is 388 g/mol. The summed E-state index contributed by atoms with van der Waals surface area (Å²) < 4.78 is 33.4. The standard InChI is InChI=1S/C22H21F2N5O/c1-3-22(23,24)15-6-4-5-14(9-15)11-26-18-16-10-17(21(12-25)7-8-21)20(30-2)29-19(16)28-13-27-18/h4-6,9-10,13H,3,7-8,11H2,1-2H3,(H,26,27,28,29). The summed E-state index contributed by atoms with van der Waals surface area (Å²) in [7, 11) is 1.52. The number of nitrogens with zero attached hydrogens (tertiary/aromatic N) is 4. The highest BCUT2D eigenvalue weighted by atomic mass is 19.3. The molecule has 1 saturated carbocycles. The highest BCUT2D eigenvalue weighted by Crippen LogP contribution is 2.51. The Morgan fingerprint density at radius 3 is 2.73 bits per heavy atom. The van der Waals surface area contributed by atoms with Crippen LogP contribution >= 0.6 is 0 Å². The van der Waals surface area contributed by atoms with Gasteiger partial charge < -0.3 is 10.1 Å². The highest BCUT2D eigenvalue weighted by molar-refractivity contribution is 5.88. The fraction of sp³-hybridized carbons (Fsp3) is 0.364. The number of ether oxygens (including phenoxy) is 1. The van der Waals surface area contributed by atoms with E-state index in [1.54, 1.807) is 12.1 Å². The number of aromatic nitrogens is 3. The van der Waals surface area contributed by atoms with Crippen LogP contribution in [0.2, 0.25) is 0 Å². The van der Waals surface area contributed by atoms with Gasteiger partial charge >= 0.3 is 0 Å². The van der Waals surface area contributed by atoms with Crippen LogP contribution in [0.1, 0.15) is 42.9 Å². The van der Waals surface area contributed by atoms with Crippen molar-refractivity contribution < 1.29 is 13.5 Å². The van der Waals surface area contributed by atoms with Crippen molar-refractivity contribution in [3.8, 4) is 11.9 Å². The SMILES string of the molecule is CCC(F)(F)c1cccc(CNc2ncnc3nc(OC)c(C4(C#N)CC4)cc23)c1. The Labute approximate surface area is 172 Å². The van der Waals surface area contributed by atoms with Crippen molar-refractivity contribution >= 4 is 16.9 Å². The van der Waals surface area contributed by atoms with Gasteiger partial charge in [0.25, 0.3) is 5.92 Å². The van der Waals surface area contributed by atoms with Crippen LogP contribution in [0.4, 0.5) is 14.6 Å². The molecule has 1 fully saturated rings. The first kappa shape index (κ1) is 20.0. The normalized spacial score (nSPS) is 14.9. The molecule has 3 aromatic rings. The molecule has 0 atom stereocenters. The quantitative estimate of drug-likeness (QED) is 0.609. The molecule has 0 saturated heterocycles. The van der Waals surface area contributed by atoms with E-state index >= 15 is 0 Å². The third kappa shape index (κ3) is 3.52. The second-order valence-electron chi connectivity index (χ2n) is 7.44. The van der Waals surface area contributed by atoms with E-state index < -0.39 is 11.3 Å². The highest BCUT2D eigenvalue weighted by Gasteiger charge is 2.47. The van der Waals surface area contributed by atoms with Crippen molar-refractivity contribution in [2.24, 2.45) is 0 Å². The lowest BCUT2D eigenvalue weighted by Gasteiger charge is -2.16. The Morgan fingerprint density at radius 1 is 1.27 bits per heavy atom. The van der Waals surface area contributed by atoms with E-state index in [4.69, 9.17) is 4.74 Å². The molecular formula is C22H21F2N5O. The number of hydrogen-bond acceptors (Lipinski definition) is 6. The van der Waals surface area contributed by atoms with Gasteiger partial charge in [-0.2, -0.15) is 10.2 Å². The van der Waals surface area contributed by atoms with Crippen LogP contribution in [0.15, 0.2) is 36.7 Å². The van der Waals surface area contributed by atoms with Gasteiger partial charge in [-0.15, -0.1) is 0 Å². The lowest BCUT2D eigenvalue weighted by atomic mass is 9.98. The van der Waals surface area contributed by atoms with Crippen LogP contribution in [-0.2, 0) is 17.9 Å². The van der Waals surface area contributed by atoms with E-state index in [1.807, 2.05) is 6.07 Å². The second kappa shape index (κ2) is 7.48. The van der Waals surface area contributed by atoms with E-state index in [0.717, 1.165) is 18.4 Å². The molecule has 2 aromatic heterocycles. The Kier molecular flexibility index (Phi) is 4.98. The number of hydrogen-bond donors (Lipinski definition) is 1. The molecule has 0 unspecified atom stereocenters. The van der Waals surface area contributed by atoms with Gasteiger partial charge in [0.05, 0.1) is 24.0 Å². The zero-order chi connectivity index (χ0) is 21.4. The Hall–Kier alpha value is -3.34. The molecule has 0 aliphatic heterocycles. The lowest BCUT2D eigenvalue weighted by Crippen LogP contribution is -2.12. The molecule has 1 aliphatic rings. The zero-order valence-corrected chi connectivity index (χ0v) is 16.7. The van der Waals surface area contributed by atoms with E-state index in [-0.39, 0.29) is 12.0 Å². The molecule has 0 spiro atoms. The molecule has 30 heavy (non-hydrogen) atoms. The predicted molar refractivity (Wildman–Crippen MR) is 108 cm³/mol. The maximum atomic E-state index is 14.0. The Morgan fingerprint density at radius 2 is 2.07 bits per heavy atom. The fourth-order valence-electron chi connectivity index (χ4n) is 3.48. The van der Waals surface area contributed by atoms with Gasteiger partial charge in [0.2, 0.25) is 5.88 Å². The molecule has 1 aromatic carbocycles. The number of benzene rings is 1. The van der Waals surface area contributed by atoms with Crippen molar-refractivity contribution in [3.05, 3.63) is 53.3 Å². The van der Waals surface area contributed by atoms with Crippen molar-refractivity contribution in [1.29, 1.82) is 5.26 Å². The van der Waals surface area contributed by atoms with Crippen LogP contribution in [0, 0.1) is 11.3 Å². The van der Waals surface area contributed by atoms with E-state index in [0.29, 0.717) is 34.8 Å². The Balaban J connectivity index is 1.66. The molecule has 4 rings (SSSR count). The number of pyridine rings is 1. The summed E-state index contributed by atoms with van der Waals surface area (Å²) in [5.74, 6) is -1.94. The molecule has 0 radical (unpaired) electrons. The minimum Gasteiger partial charge on any atom is -0.481 e. The van der Waals surface area contributed by atoms with Gasteiger partial charge in [-0.3, -0.25) is 0 Å². The van der Waals surface area contributed by atoms with Gasteiger partial charge in [-0.1, -0.05) is 25.1 Å². The molecule has 1 aliphatic carbocycles. The summed E-state index contributed by atoms with van der Waals surface area (Å²) in [4.78, 5) is 13.0. The summed E-state index contributed by atoms with van der Waals surface area (Å²) in [5.41, 5.74) is 1.29. The topological polar surface area (TPSA) is 83.7 Å². The largest absolute Gasteiger partial charge is 0.481 e. The summed E-state index contributed by atoms with van der Waals surface area (Å²) in [6, 6.07) is 10.6. The number of halogens is 2. The maximum Gasteiger partial charge on any atom is 0.273 e. The van der Waals surface area contributed by atoms with Gasteiger partial charge in [-0.05, 0) is 30.5 Å². The van der Waals surface area contributed by atoms with Crippen molar-refractivity contribution in [2.75, 3.05) is 12.4 Å². The van der Waals surface area contributed by atoms with Gasteiger partial charge in [0, 0.05) is 24.1 Å². The molecule has 6 nitrogen and oxygen atoms in total. The van der Waals surface area contributed by atoms with Crippen LogP contribution in [0.3, 0.4) is 0 Å². The van der Waals surface area contributed by atoms with Gasteiger partial charge in [0.1, 0.15) is 12.1 Å². The summed E-state index contributed by atoms with van der Waals surface area (Å²) >= 11 is 0. The van der Waals surface area contributed by atoms with Gasteiger partial charge in [0.15, 0.2) is 5.65 Å². The Bertz CT molecular complexity index is 1140. The third-order valence-electron chi connectivity index (χ3n) is 5.52. The number of rotatable bonds is 7. The zero-order valence-electron chi connectivity index (χ0n) is 16.7. The van der Waals surface area contributed by atoms with Crippen molar-refractivity contribution in [1.82, 2.24) is 15.0 Å². The van der Waals surface area contributed by atoms with Crippen molar-refractivity contribution in [3.63, 3.8) is 0 Å². The molecule has 0 amide bonds. The smallest absolute Gasteiger partial charge is 0.273 e. The average molecular weight is 409 g/mol. The number of methoxy groups -OCH3 is 1. The van der Waals surface area contributed by atoms with Gasteiger partial charge in [-0.25, -0.2) is 18.7 Å². The third-order valence-corrected chi connectivity index (χ3v) is 5.52. The maximum absolute atomic E-state index is 14.0. The average Bonchev–Trinajstić information content (AvgIpc) is 3.58. The van der Waals surface area contributed by atoms with Crippen molar-refractivity contribution in [2.45, 2.75) is 44.1 Å². The van der Waals surface area contributed by atoms with E-state index in [2.05, 4.69) is 26.3 Å².